The van der Waals surface area contributed by atoms with Crippen LogP contribution in [-0.4, -0.2) is 17.0 Å². The SMILES string of the molecule is Cc1ccc(C(C)C)c(Oc2ccc(NC(=O)CCCC(=O)O)cc2)c1. The number of amides is 1. The minimum Gasteiger partial charge on any atom is -0.481 e. The highest BCUT2D eigenvalue weighted by molar-refractivity contribution is 5.90. The van der Waals surface area contributed by atoms with Crippen molar-refractivity contribution in [2.24, 2.45) is 0 Å². The van der Waals surface area contributed by atoms with E-state index in [0.29, 0.717) is 23.8 Å². The van der Waals surface area contributed by atoms with E-state index in [1.54, 1.807) is 24.3 Å². The standard InChI is InChI=1S/C21H25NO4/c1-14(2)18-12-7-15(3)13-19(18)26-17-10-8-16(9-11-17)22-20(23)5-4-6-21(24)25/h7-14H,4-6H2,1-3H3,(H,22,23)(H,24,25). The van der Waals surface area contributed by atoms with Gasteiger partial charge in [0.05, 0.1) is 0 Å². The van der Waals surface area contributed by atoms with Gasteiger partial charge in [0.1, 0.15) is 11.5 Å². The molecule has 5 heteroatoms. The lowest BCUT2D eigenvalue weighted by atomic mass is 10.0. The first-order valence-electron chi connectivity index (χ1n) is 8.75. The minimum atomic E-state index is -0.892. The van der Waals surface area contributed by atoms with Crippen molar-refractivity contribution < 1.29 is 19.4 Å². The Hall–Kier alpha value is -2.82. The van der Waals surface area contributed by atoms with Crippen molar-refractivity contribution in [2.45, 2.75) is 46.0 Å². The van der Waals surface area contributed by atoms with Crippen LogP contribution in [0.1, 0.15) is 50.2 Å². The summed E-state index contributed by atoms with van der Waals surface area (Å²) in [6.07, 6.45) is 0.508. The molecular weight excluding hydrogens is 330 g/mol. The molecular formula is C21H25NO4. The summed E-state index contributed by atoms with van der Waals surface area (Å²) in [6.45, 7) is 6.28. The number of benzene rings is 2. The molecule has 2 N–H and O–H groups in total. The number of carboxylic acid groups (broad SMARTS) is 1. The van der Waals surface area contributed by atoms with Gasteiger partial charge in [-0.2, -0.15) is 0 Å². The van der Waals surface area contributed by atoms with E-state index in [-0.39, 0.29) is 18.7 Å². The quantitative estimate of drug-likeness (QED) is 0.690. The van der Waals surface area contributed by atoms with Crippen LogP contribution >= 0.6 is 0 Å². The maximum absolute atomic E-state index is 11.8. The fourth-order valence-electron chi connectivity index (χ4n) is 2.56. The molecule has 5 nitrogen and oxygen atoms in total. The van der Waals surface area contributed by atoms with Crippen molar-refractivity contribution in [2.75, 3.05) is 5.32 Å². The van der Waals surface area contributed by atoms with E-state index in [2.05, 4.69) is 31.3 Å². The number of anilines is 1. The van der Waals surface area contributed by atoms with E-state index in [1.165, 1.54) is 0 Å². The third-order valence-electron chi connectivity index (χ3n) is 3.95. The molecule has 2 aromatic carbocycles. The molecule has 0 radical (unpaired) electrons. The summed E-state index contributed by atoms with van der Waals surface area (Å²) < 4.78 is 6.02. The van der Waals surface area contributed by atoms with Gasteiger partial charge >= 0.3 is 5.97 Å². The molecule has 2 aromatic rings. The number of aliphatic carboxylic acids is 1. The van der Waals surface area contributed by atoms with Crippen molar-refractivity contribution in [3.63, 3.8) is 0 Å². The second-order valence-corrected chi connectivity index (χ2v) is 6.62. The summed E-state index contributed by atoms with van der Waals surface area (Å²) >= 11 is 0. The van der Waals surface area contributed by atoms with Gasteiger partial charge in [-0.15, -0.1) is 0 Å². The van der Waals surface area contributed by atoms with E-state index in [9.17, 15) is 9.59 Å². The lowest BCUT2D eigenvalue weighted by molar-refractivity contribution is -0.137. The first-order chi connectivity index (χ1) is 12.3. The van der Waals surface area contributed by atoms with Gasteiger partial charge in [-0.1, -0.05) is 26.0 Å². The lowest BCUT2D eigenvalue weighted by Crippen LogP contribution is -2.11. The second-order valence-electron chi connectivity index (χ2n) is 6.62. The Bertz CT molecular complexity index is 766. The van der Waals surface area contributed by atoms with Gasteiger partial charge in [-0.3, -0.25) is 9.59 Å². The number of carbonyl (C=O) groups is 2. The zero-order valence-corrected chi connectivity index (χ0v) is 15.4. The molecule has 1 amide bonds. The number of hydrogen-bond acceptors (Lipinski definition) is 3. The predicted molar refractivity (Wildman–Crippen MR) is 102 cm³/mol. The third kappa shape index (κ3) is 5.92. The maximum Gasteiger partial charge on any atom is 0.303 e. The molecule has 0 fully saturated rings. The number of aryl methyl sites for hydroxylation is 1. The Morgan fingerprint density at radius 3 is 2.38 bits per heavy atom. The molecule has 0 aliphatic heterocycles. The van der Waals surface area contributed by atoms with Gasteiger partial charge in [0, 0.05) is 18.5 Å². The van der Waals surface area contributed by atoms with Crippen LogP contribution in [0.25, 0.3) is 0 Å². The van der Waals surface area contributed by atoms with E-state index < -0.39 is 5.97 Å². The van der Waals surface area contributed by atoms with E-state index in [1.807, 2.05) is 13.0 Å². The summed E-state index contributed by atoms with van der Waals surface area (Å²) in [5.41, 5.74) is 2.94. The fraction of sp³-hybridized carbons (Fsp3) is 0.333. The number of nitrogens with one attached hydrogen (secondary N) is 1. The Kier molecular flexibility index (Phi) is 6.78. The second kappa shape index (κ2) is 9.04. The van der Waals surface area contributed by atoms with Crippen molar-refractivity contribution >= 4 is 17.6 Å². The Balaban J connectivity index is 1.99. The number of carboxylic acids is 1. The van der Waals surface area contributed by atoms with Crippen molar-refractivity contribution in [3.8, 4) is 11.5 Å². The van der Waals surface area contributed by atoms with Crippen LogP contribution in [0.5, 0.6) is 11.5 Å². The van der Waals surface area contributed by atoms with Crippen molar-refractivity contribution in [1.82, 2.24) is 0 Å². The molecule has 0 aliphatic carbocycles. The molecule has 0 unspecified atom stereocenters. The predicted octanol–water partition coefficient (Wildman–Crippen LogP) is 5.10. The Morgan fingerprint density at radius 2 is 1.77 bits per heavy atom. The fourth-order valence-corrected chi connectivity index (χ4v) is 2.56. The first-order valence-corrected chi connectivity index (χ1v) is 8.75. The summed E-state index contributed by atoms with van der Waals surface area (Å²) in [6, 6.07) is 13.3. The number of ether oxygens (including phenoxy) is 1. The molecule has 26 heavy (non-hydrogen) atoms. The third-order valence-corrected chi connectivity index (χ3v) is 3.95. The smallest absolute Gasteiger partial charge is 0.303 e. The molecule has 0 bridgehead atoms. The van der Waals surface area contributed by atoms with Crippen LogP contribution in [0.4, 0.5) is 5.69 Å². The molecule has 2 rings (SSSR count). The van der Waals surface area contributed by atoms with Crippen molar-refractivity contribution in [3.05, 3.63) is 53.6 Å². The zero-order valence-electron chi connectivity index (χ0n) is 15.4. The van der Waals surface area contributed by atoms with Crippen LogP contribution in [0.15, 0.2) is 42.5 Å². The normalized spacial score (nSPS) is 10.6. The van der Waals surface area contributed by atoms with Crippen LogP contribution in [0.3, 0.4) is 0 Å². The molecule has 0 heterocycles. The van der Waals surface area contributed by atoms with Gasteiger partial charge in [-0.05, 0) is 60.7 Å². The molecule has 138 valence electrons. The van der Waals surface area contributed by atoms with Gasteiger partial charge < -0.3 is 15.2 Å². The summed E-state index contributed by atoms with van der Waals surface area (Å²) in [5, 5.41) is 11.4. The summed E-state index contributed by atoms with van der Waals surface area (Å²) in [5.74, 6) is 0.804. The molecule has 0 aromatic heterocycles. The van der Waals surface area contributed by atoms with Crippen LogP contribution < -0.4 is 10.1 Å². The van der Waals surface area contributed by atoms with Gasteiger partial charge in [-0.25, -0.2) is 0 Å². The maximum atomic E-state index is 11.8. The summed E-state index contributed by atoms with van der Waals surface area (Å²) in [7, 11) is 0. The van der Waals surface area contributed by atoms with Crippen molar-refractivity contribution in [1.29, 1.82) is 0 Å². The molecule has 0 spiro atoms. The molecule has 0 aliphatic rings. The highest BCUT2D eigenvalue weighted by Crippen LogP contribution is 2.31. The summed E-state index contributed by atoms with van der Waals surface area (Å²) in [4.78, 5) is 22.3. The number of rotatable bonds is 8. The highest BCUT2D eigenvalue weighted by Gasteiger charge is 2.10. The van der Waals surface area contributed by atoms with Gasteiger partial charge in [0.15, 0.2) is 0 Å². The van der Waals surface area contributed by atoms with E-state index in [4.69, 9.17) is 9.84 Å². The average Bonchev–Trinajstić information content (AvgIpc) is 2.56. The van der Waals surface area contributed by atoms with Crippen LogP contribution in [0.2, 0.25) is 0 Å². The minimum absolute atomic E-state index is 0.00508. The molecule has 0 saturated carbocycles. The van der Waals surface area contributed by atoms with Gasteiger partial charge in [0.25, 0.3) is 0 Å². The van der Waals surface area contributed by atoms with Gasteiger partial charge in [0.2, 0.25) is 5.91 Å². The molecule has 0 saturated heterocycles. The lowest BCUT2D eigenvalue weighted by Gasteiger charge is -2.15. The highest BCUT2D eigenvalue weighted by atomic mass is 16.5. The first kappa shape index (κ1) is 19.5. The number of hydrogen-bond donors (Lipinski definition) is 2. The Labute approximate surface area is 154 Å². The van der Waals surface area contributed by atoms with Crippen LogP contribution in [-0.2, 0) is 9.59 Å². The topological polar surface area (TPSA) is 75.6 Å². The monoisotopic (exact) mass is 355 g/mol. The largest absolute Gasteiger partial charge is 0.481 e. The number of carbonyl (C=O) groups excluding carboxylic acids is 1. The zero-order chi connectivity index (χ0) is 19.1. The molecule has 0 atom stereocenters. The average molecular weight is 355 g/mol. The Morgan fingerprint density at radius 1 is 1.08 bits per heavy atom. The van der Waals surface area contributed by atoms with E-state index in [0.717, 1.165) is 16.9 Å². The van der Waals surface area contributed by atoms with E-state index >= 15 is 0 Å². The van der Waals surface area contributed by atoms with Crippen LogP contribution in [0, 0.1) is 6.92 Å².